The minimum absolute atomic E-state index is 0.114. The smallest absolute Gasteiger partial charge is 0.319 e. The lowest BCUT2D eigenvalue weighted by Gasteiger charge is -2.22. The molecule has 5 nitrogen and oxygen atoms in total. The van der Waals surface area contributed by atoms with Gasteiger partial charge in [-0.15, -0.1) is 0 Å². The number of imidazole rings is 1. The lowest BCUT2D eigenvalue weighted by atomic mass is 9.96. The van der Waals surface area contributed by atoms with E-state index in [0.717, 1.165) is 24.2 Å². The SMILES string of the molecule is O=C(Nc1ccc(-n2ccnc2)cc1)NC1CCCCC1. The van der Waals surface area contributed by atoms with Gasteiger partial charge >= 0.3 is 6.03 Å². The van der Waals surface area contributed by atoms with Crippen LogP contribution in [0.2, 0.25) is 0 Å². The minimum Gasteiger partial charge on any atom is -0.335 e. The number of aromatic nitrogens is 2. The van der Waals surface area contributed by atoms with E-state index < -0.39 is 0 Å². The van der Waals surface area contributed by atoms with Crippen LogP contribution < -0.4 is 10.6 Å². The summed E-state index contributed by atoms with van der Waals surface area (Å²) in [6.07, 6.45) is 11.3. The van der Waals surface area contributed by atoms with Crippen LogP contribution in [0.1, 0.15) is 32.1 Å². The number of urea groups is 1. The van der Waals surface area contributed by atoms with E-state index in [2.05, 4.69) is 15.6 Å². The van der Waals surface area contributed by atoms with Crippen LogP contribution in [0.15, 0.2) is 43.0 Å². The molecule has 1 saturated carbocycles. The van der Waals surface area contributed by atoms with Crippen molar-refractivity contribution in [2.24, 2.45) is 0 Å². The second-order valence-electron chi connectivity index (χ2n) is 5.45. The van der Waals surface area contributed by atoms with Crippen molar-refractivity contribution in [2.75, 3.05) is 5.32 Å². The van der Waals surface area contributed by atoms with E-state index in [1.165, 1.54) is 19.3 Å². The number of amides is 2. The van der Waals surface area contributed by atoms with E-state index >= 15 is 0 Å². The number of carbonyl (C=O) groups excluding carboxylic acids is 1. The van der Waals surface area contributed by atoms with E-state index in [1.807, 2.05) is 35.0 Å². The summed E-state index contributed by atoms with van der Waals surface area (Å²) in [5.41, 5.74) is 1.82. The van der Waals surface area contributed by atoms with Crippen molar-refractivity contribution in [1.29, 1.82) is 0 Å². The lowest BCUT2D eigenvalue weighted by Crippen LogP contribution is -2.38. The second kappa shape index (κ2) is 6.43. The zero-order valence-electron chi connectivity index (χ0n) is 12.0. The quantitative estimate of drug-likeness (QED) is 0.908. The van der Waals surface area contributed by atoms with E-state index in [4.69, 9.17) is 0 Å². The van der Waals surface area contributed by atoms with Gasteiger partial charge in [0.05, 0.1) is 6.33 Å². The van der Waals surface area contributed by atoms with Gasteiger partial charge in [-0.3, -0.25) is 0 Å². The fourth-order valence-corrected chi connectivity index (χ4v) is 2.73. The Balaban J connectivity index is 1.56. The number of anilines is 1. The first kappa shape index (κ1) is 13.7. The molecule has 0 radical (unpaired) electrons. The van der Waals surface area contributed by atoms with Crippen LogP contribution in [0.4, 0.5) is 10.5 Å². The molecule has 5 heteroatoms. The van der Waals surface area contributed by atoms with Gasteiger partial charge in [0.15, 0.2) is 0 Å². The summed E-state index contributed by atoms with van der Waals surface area (Å²) in [6, 6.07) is 7.92. The van der Waals surface area contributed by atoms with Crippen LogP contribution in [-0.4, -0.2) is 21.6 Å². The van der Waals surface area contributed by atoms with Gasteiger partial charge in [0, 0.05) is 29.8 Å². The van der Waals surface area contributed by atoms with Crippen LogP contribution in [0.25, 0.3) is 5.69 Å². The van der Waals surface area contributed by atoms with Crippen LogP contribution in [-0.2, 0) is 0 Å². The highest BCUT2D eigenvalue weighted by atomic mass is 16.2. The summed E-state index contributed by atoms with van der Waals surface area (Å²) in [5.74, 6) is 0. The Hall–Kier alpha value is -2.30. The molecule has 1 aromatic carbocycles. The molecule has 1 fully saturated rings. The van der Waals surface area contributed by atoms with Crippen molar-refractivity contribution >= 4 is 11.7 Å². The maximum atomic E-state index is 12.0. The second-order valence-corrected chi connectivity index (χ2v) is 5.45. The number of nitrogens with one attached hydrogen (secondary N) is 2. The molecule has 2 N–H and O–H groups in total. The molecule has 0 unspecified atom stereocenters. The van der Waals surface area contributed by atoms with Gasteiger partial charge in [0.25, 0.3) is 0 Å². The summed E-state index contributed by atoms with van der Waals surface area (Å²) >= 11 is 0. The molecule has 21 heavy (non-hydrogen) atoms. The van der Waals surface area contributed by atoms with Crippen molar-refractivity contribution in [3.63, 3.8) is 0 Å². The molecule has 110 valence electrons. The molecule has 1 aromatic heterocycles. The molecular formula is C16H20N4O. The maximum Gasteiger partial charge on any atom is 0.319 e. The third-order valence-corrected chi connectivity index (χ3v) is 3.87. The lowest BCUT2D eigenvalue weighted by molar-refractivity contribution is 0.244. The summed E-state index contributed by atoms with van der Waals surface area (Å²) in [6.45, 7) is 0. The molecule has 0 atom stereocenters. The van der Waals surface area contributed by atoms with E-state index in [-0.39, 0.29) is 6.03 Å². The highest BCUT2D eigenvalue weighted by molar-refractivity contribution is 5.89. The Kier molecular flexibility index (Phi) is 4.19. The van der Waals surface area contributed by atoms with E-state index in [0.29, 0.717) is 6.04 Å². The Morgan fingerprint density at radius 2 is 1.90 bits per heavy atom. The molecular weight excluding hydrogens is 264 g/mol. The Morgan fingerprint density at radius 3 is 2.57 bits per heavy atom. The number of nitrogens with zero attached hydrogens (tertiary/aromatic N) is 2. The van der Waals surface area contributed by atoms with Crippen LogP contribution in [0.3, 0.4) is 0 Å². The predicted octanol–water partition coefficient (Wildman–Crippen LogP) is 3.33. The highest BCUT2D eigenvalue weighted by Crippen LogP contribution is 2.18. The zero-order valence-corrected chi connectivity index (χ0v) is 12.0. The molecule has 2 amide bonds. The van der Waals surface area contributed by atoms with Crippen molar-refractivity contribution in [3.8, 4) is 5.69 Å². The van der Waals surface area contributed by atoms with Crippen LogP contribution in [0.5, 0.6) is 0 Å². The first-order valence-electron chi connectivity index (χ1n) is 7.47. The van der Waals surface area contributed by atoms with Gasteiger partial charge in [0.2, 0.25) is 0 Å². The predicted molar refractivity (Wildman–Crippen MR) is 82.6 cm³/mol. The third-order valence-electron chi connectivity index (χ3n) is 3.87. The van der Waals surface area contributed by atoms with Gasteiger partial charge in [-0.25, -0.2) is 9.78 Å². The van der Waals surface area contributed by atoms with E-state index in [9.17, 15) is 4.79 Å². The van der Waals surface area contributed by atoms with Crippen molar-refractivity contribution in [2.45, 2.75) is 38.1 Å². The third kappa shape index (κ3) is 3.62. The monoisotopic (exact) mass is 284 g/mol. The molecule has 0 saturated heterocycles. The summed E-state index contributed by atoms with van der Waals surface area (Å²) in [4.78, 5) is 16.0. The molecule has 3 rings (SSSR count). The van der Waals surface area contributed by atoms with Crippen LogP contribution in [0, 0.1) is 0 Å². The number of benzene rings is 1. The normalized spacial score (nSPS) is 15.6. The molecule has 0 aliphatic heterocycles. The number of carbonyl (C=O) groups is 1. The number of rotatable bonds is 3. The average Bonchev–Trinajstić information content (AvgIpc) is 3.03. The van der Waals surface area contributed by atoms with Gasteiger partial charge in [0.1, 0.15) is 0 Å². The average molecular weight is 284 g/mol. The first-order valence-corrected chi connectivity index (χ1v) is 7.47. The fourth-order valence-electron chi connectivity index (χ4n) is 2.73. The van der Waals surface area contributed by atoms with E-state index in [1.54, 1.807) is 12.5 Å². The largest absolute Gasteiger partial charge is 0.335 e. The number of hydrogen-bond donors (Lipinski definition) is 2. The molecule has 1 aliphatic rings. The van der Waals surface area contributed by atoms with Crippen LogP contribution >= 0.6 is 0 Å². The van der Waals surface area contributed by atoms with Crippen molar-refractivity contribution in [1.82, 2.24) is 14.9 Å². The maximum absolute atomic E-state index is 12.0. The van der Waals surface area contributed by atoms with Gasteiger partial charge < -0.3 is 15.2 Å². The van der Waals surface area contributed by atoms with Gasteiger partial charge in [-0.05, 0) is 37.1 Å². The van der Waals surface area contributed by atoms with Crippen molar-refractivity contribution in [3.05, 3.63) is 43.0 Å². The zero-order chi connectivity index (χ0) is 14.5. The van der Waals surface area contributed by atoms with Gasteiger partial charge in [-0.2, -0.15) is 0 Å². The summed E-state index contributed by atoms with van der Waals surface area (Å²) in [7, 11) is 0. The summed E-state index contributed by atoms with van der Waals surface area (Å²) < 4.78 is 1.92. The van der Waals surface area contributed by atoms with Gasteiger partial charge in [-0.1, -0.05) is 19.3 Å². The summed E-state index contributed by atoms with van der Waals surface area (Å²) in [5, 5.41) is 5.93. The minimum atomic E-state index is -0.114. The fraction of sp³-hybridized carbons (Fsp3) is 0.375. The Labute approximate surface area is 124 Å². The molecule has 2 aromatic rings. The number of hydrogen-bond acceptors (Lipinski definition) is 2. The molecule has 1 heterocycles. The first-order chi connectivity index (χ1) is 10.3. The molecule has 0 bridgehead atoms. The Morgan fingerprint density at radius 1 is 1.14 bits per heavy atom. The van der Waals surface area contributed by atoms with Crippen molar-refractivity contribution < 1.29 is 4.79 Å². The molecule has 0 spiro atoms. The molecule has 1 aliphatic carbocycles. The Bertz CT molecular complexity index is 571. The standard InChI is InChI=1S/C16H20N4O/c21-16(18-13-4-2-1-3-5-13)19-14-6-8-15(9-7-14)20-11-10-17-12-20/h6-13H,1-5H2,(H2,18,19,21). The highest BCUT2D eigenvalue weighted by Gasteiger charge is 2.15. The topological polar surface area (TPSA) is 59.0 Å².